The van der Waals surface area contributed by atoms with Gasteiger partial charge in [-0.05, 0) is 13.8 Å². The van der Waals surface area contributed by atoms with Crippen LogP contribution in [0.1, 0.15) is 20.8 Å². The number of hydrazone groups is 1. The van der Waals surface area contributed by atoms with Crippen LogP contribution in [-0.4, -0.2) is 11.7 Å². The van der Waals surface area contributed by atoms with E-state index in [1.807, 2.05) is 20.8 Å². The van der Waals surface area contributed by atoms with Gasteiger partial charge in [-0.2, -0.15) is 5.10 Å². The standard InChI is InChI=1S/C8H15N3O/c1-5(2)6(3)7(4)10-11-8(9)12/h6H,1H2,2-4H3,(H3,9,11,12)/b10-7+. The molecule has 0 bridgehead atoms. The molecular formula is C8H15N3O. The maximum Gasteiger partial charge on any atom is 0.332 e. The van der Waals surface area contributed by atoms with E-state index in [0.29, 0.717) is 0 Å². The van der Waals surface area contributed by atoms with Gasteiger partial charge in [0.25, 0.3) is 0 Å². The molecule has 4 nitrogen and oxygen atoms in total. The number of nitrogens with zero attached hydrogens (tertiary/aromatic N) is 1. The normalized spacial score (nSPS) is 13.8. The highest BCUT2D eigenvalue weighted by atomic mass is 16.2. The van der Waals surface area contributed by atoms with Gasteiger partial charge in [0.15, 0.2) is 0 Å². The van der Waals surface area contributed by atoms with Gasteiger partial charge >= 0.3 is 6.03 Å². The summed E-state index contributed by atoms with van der Waals surface area (Å²) >= 11 is 0. The molecule has 0 aromatic rings. The second-order valence-electron chi connectivity index (χ2n) is 2.80. The predicted octanol–water partition coefficient (Wildman–Crippen LogP) is 1.24. The van der Waals surface area contributed by atoms with Crippen LogP contribution in [0.2, 0.25) is 0 Å². The number of hydrogen-bond acceptors (Lipinski definition) is 2. The fourth-order valence-electron chi connectivity index (χ4n) is 0.597. The van der Waals surface area contributed by atoms with Gasteiger partial charge in [0, 0.05) is 11.6 Å². The molecule has 4 heteroatoms. The molecule has 2 amide bonds. The Kier molecular flexibility index (Phi) is 4.04. The zero-order chi connectivity index (χ0) is 9.72. The lowest BCUT2D eigenvalue weighted by Gasteiger charge is -2.09. The van der Waals surface area contributed by atoms with Crippen molar-refractivity contribution in [3.05, 3.63) is 12.2 Å². The van der Waals surface area contributed by atoms with E-state index in [1.54, 1.807) is 0 Å². The minimum absolute atomic E-state index is 0.164. The van der Waals surface area contributed by atoms with E-state index in [-0.39, 0.29) is 5.92 Å². The monoisotopic (exact) mass is 169 g/mol. The lowest BCUT2D eigenvalue weighted by atomic mass is 10.0. The maximum absolute atomic E-state index is 10.3. The van der Waals surface area contributed by atoms with Crippen LogP contribution in [0.15, 0.2) is 17.3 Å². The van der Waals surface area contributed by atoms with Gasteiger partial charge in [0.05, 0.1) is 0 Å². The molecule has 12 heavy (non-hydrogen) atoms. The topological polar surface area (TPSA) is 67.5 Å². The molecule has 1 unspecified atom stereocenters. The minimum Gasteiger partial charge on any atom is -0.350 e. The number of urea groups is 1. The summed E-state index contributed by atoms with van der Waals surface area (Å²) < 4.78 is 0. The van der Waals surface area contributed by atoms with Crippen LogP contribution in [0.4, 0.5) is 4.79 Å². The summed E-state index contributed by atoms with van der Waals surface area (Å²) in [6, 6.07) is -0.650. The van der Waals surface area contributed by atoms with Crippen LogP contribution in [0.3, 0.4) is 0 Å². The summed E-state index contributed by atoms with van der Waals surface area (Å²) in [5, 5.41) is 3.78. The van der Waals surface area contributed by atoms with Crippen LogP contribution in [0.25, 0.3) is 0 Å². The molecular weight excluding hydrogens is 154 g/mol. The number of primary amides is 1. The van der Waals surface area contributed by atoms with Crippen molar-refractivity contribution in [2.45, 2.75) is 20.8 Å². The molecule has 0 heterocycles. The number of rotatable bonds is 3. The molecule has 0 spiro atoms. The molecule has 68 valence electrons. The van der Waals surface area contributed by atoms with Crippen molar-refractivity contribution in [1.82, 2.24) is 5.43 Å². The van der Waals surface area contributed by atoms with E-state index < -0.39 is 6.03 Å². The maximum atomic E-state index is 10.3. The van der Waals surface area contributed by atoms with Gasteiger partial charge in [-0.3, -0.25) is 0 Å². The smallest absolute Gasteiger partial charge is 0.332 e. The summed E-state index contributed by atoms with van der Waals surface area (Å²) in [4.78, 5) is 10.3. The van der Waals surface area contributed by atoms with Crippen LogP contribution in [0.5, 0.6) is 0 Å². The number of nitrogens with two attached hydrogens (primary N) is 1. The van der Waals surface area contributed by atoms with Crippen LogP contribution in [0, 0.1) is 5.92 Å². The number of nitrogens with one attached hydrogen (secondary N) is 1. The average molecular weight is 169 g/mol. The summed E-state index contributed by atoms with van der Waals surface area (Å²) in [7, 11) is 0. The molecule has 1 atom stereocenters. The van der Waals surface area contributed by atoms with E-state index in [1.165, 1.54) is 0 Å². The first-order chi connectivity index (χ1) is 5.45. The quantitative estimate of drug-likeness (QED) is 0.372. The van der Waals surface area contributed by atoms with Gasteiger partial charge in [0.1, 0.15) is 0 Å². The molecule has 0 saturated carbocycles. The lowest BCUT2D eigenvalue weighted by Crippen LogP contribution is -2.26. The molecule has 0 aliphatic rings. The van der Waals surface area contributed by atoms with Crippen LogP contribution in [-0.2, 0) is 0 Å². The summed E-state index contributed by atoms with van der Waals surface area (Å²) in [5.74, 6) is 0.164. The second-order valence-corrected chi connectivity index (χ2v) is 2.80. The minimum atomic E-state index is -0.650. The van der Waals surface area contributed by atoms with Crippen molar-refractivity contribution in [2.24, 2.45) is 16.8 Å². The molecule has 0 rings (SSSR count). The highest BCUT2D eigenvalue weighted by Crippen LogP contribution is 2.08. The van der Waals surface area contributed by atoms with Gasteiger partial charge in [-0.1, -0.05) is 19.1 Å². The molecule has 0 radical (unpaired) electrons. The molecule has 0 aliphatic heterocycles. The van der Waals surface area contributed by atoms with Crippen LogP contribution >= 0.6 is 0 Å². The summed E-state index contributed by atoms with van der Waals surface area (Å²) in [5.41, 5.74) is 8.80. The van der Waals surface area contributed by atoms with Gasteiger partial charge in [-0.25, -0.2) is 10.2 Å². The Balaban J connectivity index is 4.17. The SMILES string of the molecule is C=C(C)C(C)/C(C)=N/NC(N)=O. The van der Waals surface area contributed by atoms with E-state index in [2.05, 4.69) is 17.1 Å². The van der Waals surface area contributed by atoms with Gasteiger partial charge < -0.3 is 5.73 Å². The summed E-state index contributed by atoms with van der Waals surface area (Å²) in [6.07, 6.45) is 0. The Morgan fingerprint density at radius 3 is 2.42 bits per heavy atom. The predicted molar refractivity (Wildman–Crippen MR) is 49.8 cm³/mol. The molecule has 0 aromatic carbocycles. The largest absolute Gasteiger partial charge is 0.350 e. The van der Waals surface area contributed by atoms with Crippen molar-refractivity contribution < 1.29 is 4.79 Å². The van der Waals surface area contributed by atoms with Gasteiger partial charge in [0.2, 0.25) is 0 Å². The third kappa shape index (κ3) is 3.75. The number of carbonyl (C=O) groups excluding carboxylic acids is 1. The van der Waals surface area contributed by atoms with Crippen molar-refractivity contribution in [1.29, 1.82) is 0 Å². The van der Waals surface area contributed by atoms with E-state index in [9.17, 15) is 4.79 Å². The Morgan fingerprint density at radius 2 is 2.08 bits per heavy atom. The van der Waals surface area contributed by atoms with E-state index >= 15 is 0 Å². The second kappa shape index (κ2) is 4.54. The zero-order valence-corrected chi connectivity index (χ0v) is 7.72. The number of hydrogen-bond donors (Lipinski definition) is 2. The number of amides is 2. The van der Waals surface area contributed by atoms with E-state index in [0.717, 1.165) is 11.3 Å². The average Bonchev–Trinajstić information content (AvgIpc) is 1.98. The van der Waals surface area contributed by atoms with E-state index in [4.69, 9.17) is 5.73 Å². The molecule has 0 saturated heterocycles. The summed E-state index contributed by atoms with van der Waals surface area (Å²) in [6.45, 7) is 9.47. The van der Waals surface area contributed by atoms with Gasteiger partial charge in [-0.15, -0.1) is 0 Å². The Bertz CT molecular complexity index is 220. The number of carbonyl (C=O) groups is 1. The Hall–Kier alpha value is -1.32. The Labute approximate surface area is 72.5 Å². The van der Waals surface area contributed by atoms with Crippen LogP contribution < -0.4 is 11.2 Å². The fraction of sp³-hybridized carbons (Fsp3) is 0.500. The first-order valence-corrected chi connectivity index (χ1v) is 3.70. The van der Waals surface area contributed by atoms with Crippen molar-refractivity contribution in [3.8, 4) is 0 Å². The van der Waals surface area contributed by atoms with Crippen molar-refractivity contribution in [3.63, 3.8) is 0 Å². The molecule has 3 N–H and O–H groups in total. The van der Waals surface area contributed by atoms with Crippen molar-refractivity contribution >= 4 is 11.7 Å². The van der Waals surface area contributed by atoms with Crippen molar-refractivity contribution in [2.75, 3.05) is 0 Å². The molecule has 0 fully saturated rings. The lowest BCUT2D eigenvalue weighted by molar-refractivity contribution is 0.249. The zero-order valence-electron chi connectivity index (χ0n) is 7.72. The molecule has 0 aromatic heterocycles. The fourth-order valence-corrected chi connectivity index (χ4v) is 0.597. The third-order valence-electron chi connectivity index (χ3n) is 1.71. The highest BCUT2D eigenvalue weighted by Gasteiger charge is 2.05. The highest BCUT2D eigenvalue weighted by molar-refractivity contribution is 5.87. The molecule has 0 aliphatic carbocycles. The first-order valence-electron chi connectivity index (χ1n) is 3.70. The Morgan fingerprint density at radius 1 is 1.58 bits per heavy atom. The third-order valence-corrected chi connectivity index (χ3v) is 1.71. The first kappa shape index (κ1) is 10.7. The number of allylic oxidation sites excluding steroid dienone is 1.